The lowest BCUT2D eigenvalue weighted by Gasteiger charge is -2.33. The normalized spacial score (nSPS) is 20.9. The Morgan fingerprint density at radius 2 is 1.93 bits per heavy atom. The van der Waals surface area contributed by atoms with Gasteiger partial charge in [0, 0.05) is 37.7 Å². The van der Waals surface area contributed by atoms with Gasteiger partial charge < -0.3 is 4.57 Å². The van der Waals surface area contributed by atoms with Gasteiger partial charge in [0.15, 0.2) is 5.16 Å². The topological polar surface area (TPSA) is 46.8 Å². The molecule has 6 heteroatoms. The van der Waals surface area contributed by atoms with E-state index in [2.05, 4.69) is 63.4 Å². The molecule has 1 aliphatic carbocycles. The average molecular weight is 424 g/mol. The van der Waals surface area contributed by atoms with Crippen molar-refractivity contribution in [1.82, 2.24) is 24.6 Å². The van der Waals surface area contributed by atoms with Crippen LogP contribution in [-0.4, -0.2) is 44.3 Å². The van der Waals surface area contributed by atoms with Crippen LogP contribution in [0.1, 0.15) is 56.3 Å². The third-order valence-electron chi connectivity index (χ3n) is 6.57. The van der Waals surface area contributed by atoms with Crippen molar-refractivity contribution >= 4 is 11.8 Å². The van der Waals surface area contributed by atoms with Gasteiger partial charge in [-0.3, -0.25) is 9.88 Å². The molecule has 0 N–H and O–H groups in total. The molecule has 1 atom stereocenters. The Bertz CT molecular complexity index is 880. The number of nitrogens with zero attached hydrogens (tertiary/aromatic N) is 5. The molecule has 1 saturated heterocycles. The maximum Gasteiger partial charge on any atom is 0.191 e. The third-order valence-corrected chi connectivity index (χ3v) is 7.66. The van der Waals surface area contributed by atoms with Crippen LogP contribution >= 0.6 is 11.8 Å². The summed E-state index contributed by atoms with van der Waals surface area (Å²) in [4.78, 5) is 6.71. The van der Waals surface area contributed by atoms with Gasteiger partial charge in [0.05, 0.1) is 0 Å². The number of aromatic nitrogens is 4. The second-order valence-electron chi connectivity index (χ2n) is 8.77. The quantitative estimate of drug-likeness (QED) is 0.464. The Hall–Kier alpha value is -1.92. The van der Waals surface area contributed by atoms with Crippen LogP contribution in [0.15, 0.2) is 53.5 Å². The minimum Gasteiger partial charge on any atom is -0.309 e. The Labute approximate surface area is 184 Å². The number of pyridine rings is 1. The van der Waals surface area contributed by atoms with Crippen molar-refractivity contribution in [1.29, 1.82) is 0 Å². The summed E-state index contributed by atoms with van der Waals surface area (Å²) in [6.45, 7) is 9.75. The van der Waals surface area contributed by atoms with Crippen LogP contribution in [0.3, 0.4) is 0 Å². The molecule has 5 nitrogen and oxygen atoms in total. The van der Waals surface area contributed by atoms with Crippen LogP contribution in [0.4, 0.5) is 0 Å². The van der Waals surface area contributed by atoms with E-state index in [9.17, 15) is 0 Å². The molecule has 0 unspecified atom stereocenters. The van der Waals surface area contributed by atoms with E-state index < -0.39 is 0 Å². The molecule has 2 aromatic heterocycles. The standard InChI is InChI=1S/C24H33N5S/c1-18(2)21-6-4-19(5-7-21)16-29-14-10-22(11-15-29)23-26-27-24(28(23)3)30-17-20-8-12-25-13-9-20/h4,8-9,12-13,21-22H,1,5-7,10-11,14-17H2,2-3H3/t21-/m1/s1. The summed E-state index contributed by atoms with van der Waals surface area (Å²) < 4.78 is 2.20. The fraction of sp³-hybridized carbons (Fsp3) is 0.542. The molecule has 0 radical (unpaired) electrons. The Kier molecular flexibility index (Phi) is 7.05. The first-order valence-electron chi connectivity index (χ1n) is 11.1. The van der Waals surface area contributed by atoms with E-state index in [1.54, 1.807) is 17.3 Å². The molecule has 0 saturated carbocycles. The summed E-state index contributed by atoms with van der Waals surface area (Å²) in [5, 5.41) is 10.0. The zero-order valence-corrected chi connectivity index (χ0v) is 19.1. The van der Waals surface area contributed by atoms with E-state index >= 15 is 0 Å². The molecular weight excluding hydrogens is 390 g/mol. The molecule has 1 fully saturated rings. The van der Waals surface area contributed by atoms with Gasteiger partial charge in [-0.2, -0.15) is 0 Å². The van der Waals surface area contributed by atoms with E-state index in [0.29, 0.717) is 11.8 Å². The smallest absolute Gasteiger partial charge is 0.191 e. The van der Waals surface area contributed by atoms with Gasteiger partial charge in [-0.05, 0) is 75.7 Å². The first-order valence-corrected chi connectivity index (χ1v) is 12.1. The Morgan fingerprint density at radius 3 is 2.60 bits per heavy atom. The molecule has 2 aliphatic rings. The van der Waals surface area contributed by atoms with E-state index in [-0.39, 0.29) is 0 Å². The summed E-state index contributed by atoms with van der Waals surface area (Å²) in [5.41, 5.74) is 4.23. The highest BCUT2D eigenvalue weighted by atomic mass is 32.2. The Balaban J connectivity index is 1.27. The maximum absolute atomic E-state index is 4.56. The highest BCUT2D eigenvalue weighted by Crippen LogP contribution is 2.32. The van der Waals surface area contributed by atoms with Crippen molar-refractivity contribution in [2.75, 3.05) is 19.6 Å². The van der Waals surface area contributed by atoms with Gasteiger partial charge in [0.25, 0.3) is 0 Å². The van der Waals surface area contributed by atoms with Crippen LogP contribution in [0, 0.1) is 5.92 Å². The highest BCUT2D eigenvalue weighted by molar-refractivity contribution is 7.98. The highest BCUT2D eigenvalue weighted by Gasteiger charge is 2.26. The summed E-state index contributed by atoms with van der Waals surface area (Å²) in [7, 11) is 2.11. The number of hydrogen-bond acceptors (Lipinski definition) is 5. The van der Waals surface area contributed by atoms with Crippen LogP contribution in [0.2, 0.25) is 0 Å². The molecule has 1 aliphatic heterocycles. The number of rotatable bonds is 7. The van der Waals surface area contributed by atoms with Crippen molar-refractivity contribution in [2.24, 2.45) is 13.0 Å². The van der Waals surface area contributed by atoms with E-state index in [1.165, 1.54) is 43.2 Å². The molecule has 0 spiro atoms. The predicted octanol–water partition coefficient (Wildman–Crippen LogP) is 4.98. The van der Waals surface area contributed by atoms with E-state index in [4.69, 9.17) is 0 Å². The number of likely N-dealkylation sites (tertiary alicyclic amines) is 1. The molecule has 0 aromatic carbocycles. The fourth-order valence-electron chi connectivity index (χ4n) is 4.55. The SMILES string of the molecule is C=C(C)[C@@H]1CC=C(CN2CCC(c3nnc(SCc4ccncc4)n3C)CC2)CC1. The number of piperidine rings is 1. The van der Waals surface area contributed by atoms with Crippen LogP contribution in [0.5, 0.6) is 0 Å². The van der Waals surface area contributed by atoms with Crippen molar-refractivity contribution in [3.8, 4) is 0 Å². The van der Waals surface area contributed by atoms with Crippen LogP contribution in [-0.2, 0) is 12.8 Å². The van der Waals surface area contributed by atoms with Gasteiger partial charge in [0.1, 0.15) is 5.82 Å². The molecule has 30 heavy (non-hydrogen) atoms. The van der Waals surface area contributed by atoms with Crippen molar-refractivity contribution < 1.29 is 0 Å². The second kappa shape index (κ2) is 9.92. The summed E-state index contributed by atoms with van der Waals surface area (Å²) in [6, 6.07) is 4.11. The fourth-order valence-corrected chi connectivity index (χ4v) is 5.42. The van der Waals surface area contributed by atoms with Crippen LogP contribution < -0.4 is 0 Å². The second-order valence-corrected chi connectivity index (χ2v) is 9.72. The Morgan fingerprint density at radius 1 is 1.17 bits per heavy atom. The zero-order valence-electron chi connectivity index (χ0n) is 18.3. The van der Waals surface area contributed by atoms with Gasteiger partial charge in [0.2, 0.25) is 0 Å². The molecule has 2 aromatic rings. The lowest BCUT2D eigenvalue weighted by molar-refractivity contribution is 0.219. The molecule has 0 amide bonds. The molecule has 0 bridgehead atoms. The zero-order chi connectivity index (χ0) is 20.9. The average Bonchev–Trinajstić information content (AvgIpc) is 3.14. The summed E-state index contributed by atoms with van der Waals surface area (Å²) in [6.07, 6.45) is 12.2. The maximum atomic E-state index is 4.56. The van der Waals surface area contributed by atoms with Crippen molar-refractivity contribution in [3.63, 3.8) is 0 Å². The first-order chi connectivity index (χ1) is 14.6. The van der Waals surface area contributed by atoms with Crippen molar-refractivity contribution in [2.45, 2.75) is 55.9 Å². The van der Waals surface area contributed by atoms with Crippen molar-refractivity contribution in [3.05, 3.63) is 59.7 Å². The largest absolute Gasteiger partial charge is 0.309 e. The number of hydrogen-bond donors (Lipinski definition) is 0. The number of allylic oxidation sites excluding steroid dienone is 2. The molecule has 3 heterocycles. The van der Waals surface area contributed by atoms with Gasteiger partial charge in [-0.25, -0.2) is 0 Å². The molecule has 4 rings (SSSR count). The van der Waals surface area contributed by atoms with E-state index in [1.807, 2.05) is 12.4 Å². The lowest BCUT2D eigenvalue weighted by Crippen LogP contribution is -2.35. The monoisotopic (exact) mass is 423 g/mol. The summed E-state index contributed by atoms with van der Waals surface area (Å²) >= 11 is 1.75. The minimum atomic E-state index is 0.516. The number of thioether (sulfide) groups is 1. The van der Waals surface area contributed by atoms with Crippen LogP contribution in [0.25, 0.3) is 0 Å². The minimum absolute atomic E-state index is 0.516. The summed E-state index contributed by atoms with van der Waals surface area (Å²) in [5.74, 6) is 3.25. The van der Waals surface area contributed by atoms with Gasteiger partial charge in [-0.1, -0.05) is 35.6 Å². The van der Waals surface area contributed by atoms with Gasteiger partial charge in [-0.15, -0.1) is 10.2 Å². The van der Waals surface area contributed by atoms with Gasteiger partial charge >= 0.3 is 0 Å². The molecular formula is C24H33N5S. The predicted molar refractivity (Wildman–Crippen MR) is 123 cm³/mol. The first kappa shape index (κ1) is 21.3. The van der Waals surface area contributed by atoms with E-state index in [0.717, 1.165) is 36.4 Å². The lowest BCUT2D eigenvalue weighted by atomic mass is 9.85. The third kappa shape index (κ3) is 5.22. The molecule has 160 valence electrons.